The summed E-state index contributed by atoms with van der Waals surface area (Å²) in [7, 11) is 0. The normalized spacial score (nSPS) is 12.2. The molecule has 0 saturated heterocycles. The van der Waals surface area contributed by atoms with E-state index in [0.717, 1.165) is 12.1 Å². The van der Waals surface area contributed by atoms with Crippen molar-refractivity contribution >= 4 is 22.8 Å². The molecular formula is C38H52N2S. The molecule has 4 aromatic rings. The number of unbranched alkanes of at least 4 members (excludes halogenated alkanes) is 15. The summed E-state index contributed by atoms with van der Waals surface area (Å²) in [5, 5.41) is 0.159. The third-order valence-corrected chi connectivity index (χ3v) is 9.52. The predicted octanol–water partition coefficient (Wildman–Crippen LogP) is 12.2. The Bertz CT molecular complexity index is 1220. The zero-order valence-corrected chi connectivity index (χ0v) is 26.3. The lowest BCUT2D eigenvalue weighted by molar-refractivity contribution is 0.520. The number of rotatable bonds is 21. The Morgan fingerprint density at radius 2 is 1.05 bits per heavy atom. The van der Waals surface area contributed by atoms with Gasteiger partial charge < -0.3 is 4.57 Å². The molecule has 0 aliphatic heterocycles. The lowest BCUT2D eigenvalue weighted by Crippen LogP contribution is -2.09. The number of hydrogen-bond donors (Lipinski definition) is 0. The summed E-state index contributed by atoms with van der Waals surface area (Å²) in [5.74, 6) is 1.17. The molecule has 0 N–H and O–H groups in total. The van der Waals surface area contributed by atoms with Gasteiger partial charge in [0.15, 0.2) is 0 Å². The number of nitrogens with zero attached hydrogens (tertiary/aromatic N) is 2. The van der Waals surface area contributed by atoms with E-state index in [1.807, 2.05) is 11.8 Å². The average molecular weight is 569 g/mol. The quantitative estimate of drug-likeness (QED) is 0.0735. The van der Waals surface area contributed by atoms with Crippen LogP contribution in [0.1, 0.15) is 126 Å². The van der Waals surface area contributed by atoms with Gasteiger partial charge >= 0.3 is 0 Å². The van der Waals surface area contributed by atoms with Gasteiger partial charge in [-0.15, -0.1) is 11.8 Å². The summed E-state index contributed by atoms with van der Waals surface area (Å²) in [6, 6.07) is 30.3. The van der Waals surface area contributed by atoms with Crippen molar-refractivity contribution in [1.82, 2.24) is 9.55 Å². The van der Waals surface area contributed by atoms with E-state index in [1.54, 1.807) is 0 Å². The monoisotopic (exact) mass is 568 g/mol. The second kappa shape index (κ2) is 18.8. The Morgan fingerprint density at radius 3 is 1.63 bits per heavy atom. The highest BCUT2D eigenvalue weighted by Crippen LogP contribution is 2.41. The fourth-order valence-electron chi connectivity index (χ4n) is 5.88. The van der Waals surface area contributed by atoms with E-state index >= 15 is 0 Å². The number of aryl methyl sites for hydroxylation is 1. The number of aromatic nitrogens is 2. The minimum absolute atomic E-state index is 0.159. The third-order valence-electron chi connectivity index (χ3n) is 8.25. The molecule has 0 spiro atoms. The third kappa shape index (κ3) is 10.7. The van der Waals surface area contributed by atoms with Crippen molar-refractivity contribution in [1.29, 1.82) is 0 Å². The van der Waals surface area contributed by atoms with Gasteiger partial charge in [0.2, 0.25) is 0 Å². The van der Waals surface area contributed by atoms with Crippen LogP contribution in [0.3, 0.4) is 0 Å². The van der Waals surface area contributed by atoms with Crippen molar-refractivity contribution in [3.05, 3.63) is 96.3 Å². The fourth-order valence-corrected chi connectivity index (χ4v) is 7.05. The van der Waals surface area contributed by atoms with Crippen molar-refractivity contribution in [2.45, 2.75) is 126 Å². The summed E-state index contributed by atoms with van der Waals surface area (Å²) in [6.45, 7) is 3.33. The number of para-hydroxylation sites is 2. The lowest BCUT2D eigenvalue weighted by atomic mass is 10.0. The molecular weight excluding hydrogens is 516 g/mol. The molecule has 0 bridgehead atoms. The first-order valence-corrected chi connectivity index (χ1v) is 17.5. The van der Waals surface area contributed by atoms with Gasteiger partial charge in [0.25, 0.3) is 0 Å². The SMILES string of the molecule is CCCCCCCCCCCCCCCCCCn1c(C(Sc2ccccc2)c2ccccc2)nc2ccccc21. The molecule has 0 aliphatic carbocycles. The standard InChI is InChI=1S/C38H52N2S/c1-2-3-4-5-6-7-8-9-10-11-12-13-14-15-16-25-32-40-36-31-24-23-30-35(36)39-38(40)37(33-26-19-17-20-27-33)41-34-28-21-18-22-29-34/h17-24,26-31,37H,2-16,25,32H2,1H3. The maximum atomic E-state index is 5.22. The summed E-state index contributed by atoms with van der Waals surface area (Å²) in [4.78, 5) is 6.50. The Labute approximate surface area is 254 Å². The van der Waals surface area contributed by atoms with Crippen molar-refractivity contribution in [2.24, 2.45) is 0 Å². The molecule has 3 aromatic carbocycles. The van der Waals surface area contributed by atoms with Crippen LogP contribution in [-0.4, -0.2) is 9.55 Å². The summed E-state index contributed by atoms with van der Waals surface area (Å²) in [5.41, 5.74) is 3.68. The zero-order chi connectivity index (χ0) is 28.4. The van der Waals surface area contributed by atoms with Crippen LogP contribution in [-0.2, 0) is 6.54 Å². The number of benzene rings is 3. The first-order valence-electron chi connectivity index (χ1n) is 16.6. The molecule has 0 aliphatic rings. The fraction of sp³-hybridized carbons (Fsp3) is 0.500. The van der Waals surface area contributed by atoms with Gasteiger partial charge in [-0.2, -0.15) is 0 Å². The molecule has 41 heavy (non-hydrogen) atoms. The molecule has 1 atom stereocenters. The van der Waals surface area contributed by atoms with Gasteiger partial charge in [-0.05, 0) is 36.2 Å². The van der Waals surface area contributed by atoms with Crippen LogP contribution in [0.25, 0.3) is 11.0 Å². The number of imidazole rings is 1. The van der Waals surface area contributed by atoms with Gasteiger partial charge in [-0.25, -0.2) is 4.98 Å². The highest BCUT2D eigenvalue weighted by molar-refractivity contribution is 7.99. The molecule has 0 amide bonds. The number of thioether (sulfide) groups is 1. The zero-order valence-electron chi connectivity index (χ0n) is 25.5. The summed E-state index contributed by atoms with van der Waals surface area (Å²) < 4.78 is 2.51. The molecule has 1 unspecified atom stereocenters. The van der Waals surface area contributed by atoms with Crippen LogP contribution in [0, 0.1) is 0 Å². The smallest absolute Gasteiger partial charge is 0.127 e. The highest BCUT2D eigenvalue weighted by atomic mass is 32.2. The molecule has 0 radical (unpaired) electrons. The first kappa shape index (κ1) is 31.4. The second-order valence-electron chi connectivity index (χ2n) is 11.6. The van der Waals surface area contributed by atoms with Gasteiger partial charge in [0.1, 0.15) is 5.82 Å². The minimum Gasteiger partial charge on any atom is -0.327 e. The lowest BCUT2D eigenvalue weighted by Gasteiger charge is -2.19. The van der Waals surface area contributed by atoms with Crippen molar-refractivity contribution in [3.8, 4) is 0 Å². The largest absolute Gasteiger partial charge is 0.327 e. The van der Waals surface area contributed by atoms with Crippen LogP contribution >= 0.6 is 11.8 Å². The van der Waals surface area contributed by atoms with E-state index < -0.39 is 0 Å². The molecule has 1 heterocycles. The second-order valence-corrected chi connectivity index (χ2v) is 12.8. The maximum Gasteiger partial charge on any atom is 0.127 e. The molecule has 4 rings (SSSR count). The molecule has 1 aromatic heterocycles. The predicted molar refractivity (Wildman–Crippen MR) is 180 cm³/mol. The molecule has 220 valence electrons. The highest BCUT2D eigenvalue weighted by Gasteiger charge is 2.23. The first-order chi connectivity index (χ1) is 20.4. The van der Waals surface area contributed by atoms with E-state index in [2.05, 4.69) is 96.4 Å². The molecule has 0 saturated carbocycles. The van der Waals surface area contributed by atoms with E-state index in [-0.39, 0.29) is 5.25 Å². The summed E-state index contributed by atoms with van der Waals surface area (Å²) >= 11 is 1.91. The van der Waals surface area contributed by atoms with Crippen LogP contribution in [0.4, 0.5) is 0 Å². The van der Waals surface area contributed by atoms with Crippen molar-refractivity contribution < 1.29 is 0 Å². The van der Waals surface area contributed by atoms with Crippen LogP contribution in [0.5, 0.6) is 0 Å². The Balaban J connectivity index is 1.23. The number of hydrogen-bond acceptors (Lipinski definition) is 2. The van der Waals surface area contributed by atoms with Gasteiger partial charge in [0.05, 0.1) is 16.3 Å². The van der Waals surface area contributed by atoms with Gasteiger partial charge in [0, 0.05) is 11.4 Å². The number of fused-ring (bicyclic) bond motifs is 1. The van der Waals surface area contributed by atoms with E-state index in [4.69, 9.17) is 4.98 Å². The van der Waals surface area contributed by atoms with Crippen molar-refractivity contribution in [2.75, 3.05) is 0 Å². The minimum atomic E-state index is 0.159. The Morgan fingerprint density at radius 1 is 0.561 bits per heavy atom. The van der Waals surface area contributed by atoms with Crippen LogP contribution in [0.15, 0.2) is 89.8 Å². The topological polar surface area (TPSA) is 17.8 Å². The van der Waals surface area contributed by atoms with E-state index in [0.29, 0.717) is 0 Å². The average Bonchev–Trinajstić information content (AvgIpc) is 3.38. The molecule has 0 fully saturated rings. The summed E-state index contributed by atoms with van der Waals surface area (Å²) in [6.07, 6.45) is 22.4. The molecule has 3 heteroatoms. The maximum absolute atomic E-state index is 5.22. The van der Waals surface area contributed by atoms with Crippen molar-refractivity contribution in [3.63, 3.8) is 0 Å². The van der Waals surface area contributed by atoms with Crippen LogP contribution < -0.4 is 0 Å². The van der Waals surface area contributed by atoms with E-state index in [9.17, 15) is 0 Å². The van der Waals surface area contributed by atoms with Gasteiger partial charge in [-0.1, -0.05) is 164 Å². The van der Waals surface area contributed by atoms with Gasteiger partial charge in [-0.3, -0.25) is 0 Å². The van der Waals surface area contributed by atoms with E-state index in [1.165, 1.54) is 125 Å². The van der Waals surface area contributed by atoms with Crippen LogP contribution in [0.2, 0.25) is 0 Å². The molecule has 2 nitrogen and oxygen atoms in total. The Hall–Kier alpha value is -2.52. The Kier molecular flexibility index (Phi) is 14.4.